The van der Waals surface area contributed by atoms with Crippen LogP contribution in [0.4, 0.5) is 0 Å². The van der Waals surface area contributed by atoms with Crippen LogP contribution in [0.25, 0.3) is 0 Å². The van der Waals surface area contributed by atoms with Crippen LogP contribution in [0.1, 0.15) is 76.2 Å². The van der Waals surface area contributed by atoms with Gasteiger partial charge in [0.1, 0.15) is 0 Å². The first-order valence-corrected chi connectivity index (χ1v) is 17.9. The molecule has 208 valence electrons. The van der Waals surface area contributed by atoms with E-state index in [9.17, 15) is 18.7 Å². The fourth-order valence-electron chi connectivity index (χ4n) is 5.63. The number of rotatable bonds is 12. The molecule has 0 fully saturated rings. The van der Waals surface area contributed by atoms with Crippen molar-refractivity contribution in [2.75, 3.05) is 12.3 Å². The molecule has 0 N–H and O–H groups in total. The molecule has 3 aromatic carbocycles. The molecule has 0 radical (unpaired) electrons. The lowest BCUT2D eigenvalue weighted by Gasteiger charge is -2.25. The summed E-state index contributed by atoms with van der Waals surface area (Å²) in [5, 5.41) is 0. The van der Waals surface area contributed by atoms with Gasteiger partial charge in [0.15, 0.2) is 14.3 Å². The minimum atomic E-state index is -3.37. The van der Waals surface area contributed by atoms with Crippen molar-refractivity contribution in [1.82, 2.24) is 0 Å². The Morgan fingerprint density at radius 1 is 0.615 bits per heavy atom. The molecule has 0 aliphatic rings. The lowest BCUT2D eigenvalue weighted by atomic mass is 9.94. The second kappa shape index (κ2) is 12.8. The fourth-order valence-corrected chi connectivity index (χ4v) is 12.0. The van der Waals surface area contributed by atoms with Crippen molar-refractivity contribution in [2.24, 2.45) is 11.8 Å². The van der Waals surface area contributed by atoms with Crippen molar-refractivity contribution in [3.63, 3.8) is 0 Å². The molecule has 0 spiro atoms. The van der Waals surface area contributed by atoms with Gasteiger partial charge >= 0.3 is 0 Å². The molecule has 4 nitrogen and oxygen atoms in total. The highest BCUT2D eigenvalue weighted by Crippen LogP contribution is 2.57. The molecule has 0 aliphatic carbocycles. The van der Waals surface area contributed by atoms with Gasteiger partial charge in [0, 0.05) is 35.8 Å². The molecule has 0 saturated heterocycles. The summed E-state index contributed by atoms with van der Waals surface area (Å²) in [6, 6.07) is 20.8. The Kier molecular flexibility index (Phi) is 10.1. The molecule has 6 heteroatoms. The summed E-state index contributed by atoms with van der Waals surface area (Å²) in [5.41, 5.74) is 3.54. The predicted molar refractivity (Wildman–Crippen MR) is 164 cm³/mol. The molecule has 0 heterocycles. The van der Waals surface area contributed by atoms with Crippen LogP contribution >= 0.6 is 14.3 Å². The van der Waals surface area contributed by atoms with Crippen LogP contribution in [0, 0.1) is 32.6 Å². The Morgan fingerprint density at radius 3 is 1.26 bits per heavy atom. The van der Waals surface area contributed by atoms with Gasteiger partial charge in [-0.25, -0.2) is 0 Å². The Labute approximate surface area is 234 Å². The zero-order chi connectivity index (χ0) is 29.0. The quantitative estimate of drug-likeness (QED) is 0.206. The van der Waals surface area contributed by atoms with Crippen LogP contribution in [0.5, 0.6) is 0 Å². The van der Waals surface area contributed by atoms with Crippen LogP contribution in [-0.2, 0) is 21.5 Å². The summed E-state index contributed by atoms with van der Waals surface area (Å²) < 4.78 is 28.9. The van der Waals surface area contributed by atoms with Crippen LogP contribution in [0.3, 0.4) is 0 Å². The second-order valence-electron chi connectivity index (χ2n) is 11.7. The molecule has 0 aliphatic heterocycles. The number of aryl methyl sites for hydroxylation is 2. The van der Waals surface area contributed by atoms with Crippen molar-refractivity contribution < 1.29 is 18.7 Å². The average Bonchev–Trinajstić information content (AvgIpc) is 2.83. The highest BCUT2D eigenvalue weighted by Gasteiger charge is 2.39. The molecule has 3 rings (SSSR count). The first kappa shape index (κ1) is 31.0. The molecular formula is C33H42O4P2. The van der Waals surface area contributed by atoms with Gasteiger partial charge in [-0.3, -0.25) is 9.59 Å². The van der Waals surface area contributed by atoms with E-state index in [1.165, 1.54) is 0 Å². The molecule has 39 heavy (non-hydrogen) atoms. The van der Waals surface area contributed by atoms with Crippen molar-refractivity contribution in [3.05, 3.63) is 106 Å². The van der Waals surface area contributed by atoms with E-state index in [1.54, 1.807) is 6.92 Å². The van der Waals surface area contributed by atoms with Crippen molar-refractivity contribution in [3.8, 4) is 0 Å². The maximum Gasteiger partial charge on any atom is 0.222 e. The molecule has 0 bridgehead atoms. The van der Waals surface area contributed by atoms with E-state index in [1.807, 2.05) is 108 Å². The van der Waals surface area contributed by atoms with Crippen molar-refractivity contribution >= 4 is 25.3 Å². The average molecular weight is 565 g/mol. The van der Waals surface area contributed by atoms with Gasteiger partial charge in [0.05, 0.1) is 0 Å². The van der Waals surface area contributed by atoms with Crippen LogP contribution in [0.2, 0.25) is 0 Å². The summed E-state index contributed by atoms with van der Waals surface area (Å²) in [5.74, 6) is 0.126. The maximum atomic E-state index is 14.5. The van der Waals surface area contributed by atoms with Gasteiger partial charge in [-0.1, -0.05) is 94.4 Å². The van der Waals surface area contributed by atoms with Crippen LogP contribution in [-0.4, -0.2) is 23.4 Å². The Bertz CT molecular complexity index is 1320. The normalized spacial score (nSPS) is 14.7. The summed E-state index contributed by atoms with van der Waals surface area (Å²) in [6.07, 6.45) is 0.939. The minimum Gasteiger partial charge on any atom is -0.315 e. The molecule has 0 saturated carbocycles. The maximum absolute atomic E-state index is 14.5. The number of hydrogen-bond donors (Lipinski definition) is 0. The monoisotopic (exact) mass is 564 g/mol. The van der Waals surface area contributed by atoms with Gasteiger partial charge < -0.3 is 9.13 Å². The second-order valence-corrected chi connectivity index (χ2v) is 17.4. The highest BCUT2D eigenvalue weighted by molar-refractivity contribution is 7.81. The fraction of sp³-hybridized carbons (Fsp3) is 0.394. The van der Waals surface area contributed by atoms with E-state index in [0.717, 1.165) is 11.1 Å². The van der Waals surface area contributed by atoms with Gasteiger partial charge in [-0.05, 0) is 60.4 Å². The third-order valence-electron chi connectivity index (χ3n) is 7.02. The van der Waals surface area contributed by atoms with Crippen LogP contribution in [0.15, 0.2) is 66.7 Å². The third kappa shape index (κ3) is 7.36. The van der Waals surface area contributed by atoms with E-state index in [4.69, 9.17) is 0 Å². The Morgan fingerprint density at radius 2 is 0.949 bits per heavy atom. The van der Waals surface area contributed by atoms with E-state index < -0.39 is 14.3 Å². The van der Waals surface area contributed by atoms with E-state index >= 15 is 0 Å². The molecule has 2 atom stereocenters. The Balaban J connectivity index is 2.15. The first-order chi connectivity index (χ1) is 18.3. The summed E-state index contributed by atoms with van der Waals surface area (Å²) in [7, 11) is -6.73. The standard InChI is InChI=1S/C33H42O4P2/c1-23(2)19-38(36,21-28-14-10-8-11-15-28)32(34)30-25(5)18-26(6)31(27(30)7)33(35)39(37,20-24(3)4)22-29-16-12-9-13-17-29/h8-18,23-24H,19-22H2,1-7H3. The van der Waals surface area contributed by atoms with E-state index in [-0.39, 0.29) is 47.5 Å². The zero-order valence-corrected chi connectivity index (χ0v) is 26.2. The molecule has 3 aromatic rings. The number of hydrogen-bond acceptors (Lipinski definition) is 4. The zero-order valence-electron chi connectivity index (χ0n) is 24.4. The van der Waals surface area contributed by atoms with Crippen molar-refractivity contribution in [1.29, 1.82) is 0 Å². The topological polar surface area (TPSA) is 68.3 Å². The summed E-state index contributed by atoms with van der Waals surface area (Å²) >= 11 is 0. The van der Waals surface area contributed by atoms with Crippen molar-refractivity contribution in [2.45, 2.75) is 60.8 Å². The Hall–Kier alpha value is -2.54. The van der Waals surface area contributed by atoms with Gasteiger partial charge in [-0.2, -0.15) is 0 Å². The molecule has 0 amide bonds. The summed E-state index contributed by atoms with van der Waals surface area (Å²) in [6.45, 7) is 13.3. The smallest absolute Gasteiger partial charge is 0.222 e. The van der Waals surface area contributed by atoms with E-state index in [2.05, 4.69) is 0 Å². The number of carbonyl (C=O) groups is 2. The SMILES string of the molecule is Cc1cc(C)c(C(=O)P(=O)(Cc2ccccc2)CC(C)C)c(C)c1C(=O)P(=O)(Cc1ccccc1)CC(C)C. The predicted octanol–water partition coefficient (Wildman–Crippen LogP) is 9.33. The van der Waals surface area contributed by atoms with Crippen LogP contribution < -0.4 is 0 Å². The minimum absolute atomic E-state index is 0.0628. The molecule has 0 aromatic heterocycles. The largest absolute Gasteiger partial charge is 0.315 e. The van der Waals surface area contributed by atoms with Gasteiger partial charge in [0.25, 0.3) is 0 Å². The lowest BCUT2D eigenvalue weighted by molar-refractivity contribution is 0.107. The molecular weight excluding hydrogens is 522 g/mol. The van der Waals surface area contributed by atoms with Gasteiger partial charge in [-0.15, -0.1) is 0 Å². The summed E-state index contributed by atoms with van der Waals surface area (Å²) in [4.78, 5) is 28.4. The first-order valence-electron chi connectivity index (χ1n) is 13.7. The molecule has 2 unspecified atom stereocenters. The van der Waals surface area contributed by atoms with Gasteiger partial charge in [0.2, 0.25) is 11.0 Å². The lowest BCUT2D eigenvalue weighted by Crippen LogP contribution is -2.18. The third-order valence-corrected chi connectivity index (χ3v) is 13.3. The highest BCUT2D eigenvalue weighted by atomic mass is 31.2. The van der Waals surface area contributed by atoms with E-state index in [0.29, 0.717) is 27.8 Å². The number of benzene rings is 3. The number of carbonyl (C=O) groups excluding carboxylic acids is 2.